The maximum Gasteiger partial charge on any atom is 0.339 e. The molecule has 0 aliphatic rings. The zero-order chi connectivity index (χ0) is 12.0. The van der Waals surface area contributed by atoms with Crippen molar-refractivity contribution in [1.82, 2.24) is 9.97 Å². The lowest BCUT2D eigenvalue weighted by molar-refractivity contribution is 0.0698. The molecule has 2 heterocycles. The first-order valence-electron chi connectivity index (χ1n) is 4.96. The summed E-state index contributed by atoms with van der Waals surface area (Å²) in [4.78, 5) is 18.1. The number of benzene rings is 1. The number of carboxylic acid groups (broad SMARTS) is 1. The second-order valence-corrected chi connectivity index (χ2v) is 4.05. The molecule has 0 unspecified atom stereocenters. The molecular formula is C12H7ClN2O2. The van der Waals surface area contributed by atoms with Crippen LogP contribution in [-0.4, -0.2) is 21.0 Å². The maximum absolute atomic E-state index is 11.1. The molecule has 0 aliphatic carbocycles. The number of fused-ring (bicyclic) bond motifs is 3. The van der Waals surface area contributed by atoms with Crippen LogP contribution in [0.5, 0.6) is 0 Å². The Bertz CT molecular complexity index is 749. The largest absolute Gasteiger partial charge is 0.478 e. The van der Waals surface area contributed by atoms with Crippen molar-refractivity contribution in [1.29, 1.82) is 0 Å². The zero-order valence-electron chi connectivity index (χ0n) is 8.57. The van der Waals surface area contributed by atoms with E-state index in [0.717, 1.165) is 10.9 Å². The van der Waals surface area contributed by atoms with Crippen LogP contribution in [0.2, 0.25) is 5.15 Å². The van der Waals surface area contributed by atoms with Crippen molar-refractivity contribution in [3.63, 3.8) is 0 Å². The van der Waals surface area contributed by atoms with Crippen LogP contribution in [0, 0.1) is 0 Å². The predicted molar refractivity (Wildman–Crippen MR) is 65.6 cm³/mol. The molecule has 0 aliphatic heterocycles. The van der Waals surface area contributed by atoms with Crippen LogP contribution in [0.15, 0.2) is 30.5 Å². The van der Waals surface area contributed by atoms with E-state index in [1.165, 1.54) is 6.20 Å². The van der Waals surface area contributed by atoms with E-state index >= 15 is 0 Å². The fraction of sp³-hybridized carbons (Fsp3) is 0. The van der Waals surface area contributed by atoms with E-state index in [4.69, 9.17) is 16.7 Å². The molecule has 0 fully saturated rings. The fourth-order valence-electron chi connectivity index (χ4n) is 1.97. The molecule has 0 saturated carbocycles. The van der Waals surface area contributed by atoms with Gasteiger partial charge in [0.1, 0.15) is 10.7 Å². The Morgan fingerprint density at radius 1 is 1.35 bits per heavy atom. The number of aromatic nitrogens is 2. The summed E-state index contributed by atoms with van der Waals surface area (Å²) in [5.41, 5.74) is 1.49. The molecule has 0 saturated heterocycles. The van der Waals surface area contributed by atoms with Gasteiger partial charge in [-0.25, -0.2) is 9.78 Å². The molecule has 1 aromatic carbocycles. The highest BCUT2D eigenvalue weighted by Gasteiger charge is 2.16. The number of halogens is 1. The summed E-state index contributed by atoms with van der Waals surface area (Å²) in [6.07, 6.45) is 1.27. The lowest BCUT2D eigenvalue weighted by Crippen LogP contribution is -1.98. The molecule has 0 amide bonds. The molecule has 4 nitrogen and oxygen atoms in total. The average Bonchev–Trinajstić information content (AvgIpc) is 2.68. The summed E-state index contributed by atoms with van der Waals surface area (Å²) >= 11 is 6.03. The number of hydrogen-bond donors (Lipinski definition) is 2. The Morgan fingerprint density at radius 2 is 2.12 bits per heavy atom. The number of aromatic carboxylic acids is 1. The molecule has 3 aromatic rings. The fourth-order valence-corrected chi connectivity index (χ4v) is 2.22. The number of rotatable bonds is 1. The van der Waals surface area contributed by atoms with Gasteiger partial charge >= 0.3 is 5.97 Å². The molecule has 3 rings (SSSR count). The standard InChI is InChI=1S/C12H7ClN2O2/c13-11-9-6-3-1-2-4-8(6)15-10(9)7(5-14-11)12(16)17/h1-5,15H,(H,16,17). The van der Waals surface area contributed by atoms with E-state index in [9.17, 15) is 4.79 Å². The Balaban J connectivity index is 2.58. The van der Waals surface area contributed by atoms with Crippen molar-refractivity contribution in [2.45, 2.75) is 0 Å². The summed E-state index contributed by atoms with van der Waals surface area (Å²) in [5.74, 6) is -1.02. The summed E-state index contributed by atoms with van der Waals surface area (Å²) in [7, 11) is 0. The first-order valence-corrected chi connectivity index (χ1v) is 5.34. The highest BCUT2D eigenvalue weighted by molar-refractivity contribution is 6.37. The molecule has 2 aromatic heterocycles. The van der Waals surface area contributed by atoms with E-state index in [1.54, 1.807) is 0 Å². The molecule has 0 atom stereocenters. The van der Waals surface area contributed by atoms with Gasteiger partial charge in [0.05, 0.1) is 5.52 Å². The molecule has 5 heteroatoms. The number of nitrogens with zero attached hydrogens (tertiary/aromatic N) is 1. The van der Waals surface area contributed by atoms with Gasteiger partial charge in [-0.2, -0.15) is 0 Å². The van der Waals surface area contributed by atoms with E-state index in [-0.39, 0.29) is 5.56 Å². The van der Waals surface area contributed by atoms with Gasteiger partial charge in [-0.15, -0.1) is 0 Å². The van der Waals surface area contributed by atoms with Crippen molar-refractivity contribution in [2.75, 3.05) is 0 Å². The Labute approximate surface area is 101 Å². The van der Waals surface area contributed by atoms with Crippen molar-refractivity contribution < 1.29 is 9.90 Å². The first kappa shape index (κ1) is 10.1. The van der Waals surface area contributed by atoms with E-state index in [1.807, 2.05) is 24.3 Å². The molecule has 2 N–H and O–H groups in total. The Hall–Kier alpha value is -2.07. The highest BCUT2D eigenvalue weighted by Crippen LogP contribution is 2.31. The van der Waals surface area contributed by atoms with E-state index in [2.05, 4.69) is 9.97 Å². The third-order valence-corrected chi connectivity index (χ3v) is 3.01. The summed E-state index contributed by atoms with van der Waals surface area (Å²) in [5, 5.41) is 10.9. The van der Waals surface area contributed by atoms with Gasteiger partial charge in [0.25, 0.3) is 0 Å². The number of hydrogen-bond acceptors (Lipinski definition) is 2. The number of nitrogens with one attached hydrogen (secondary N) is 1. The minimum Gasteiger partial charge on any atom is -0.478 e. The number of carbonyl (C=O) groups is 1. The second kappa shape index (κ2) is 3.46. The van der Waals surface area contributed by atoms with Gasteiger partial charge in [-0.05, 0) is 6.07 Å². The third kappa shape index (κ3) is 1.38. The van der Waals surface area contributed by atoms with Crippen molar-refractivity contribution in [2.24, 2.45) is 0 Å². The monoisotopic (exact) mass is 246 g/mol. The first-order chi connectivity index (χ1) is 8.18. The predicted octanol–water partition coefficient (Wildman–Crippen LogP) is 3.07. The molecule has 17 heavy (non-hydrogen) atoms. The normalized spacial score (nSPS) is 11.1. The molecule has 84 valence electrons. The van der Waals surface area contributed by atoms with Crippen LogP contribution in [-0.2, 0) is 0 Å². The van der Waals surface area contributed by atoms with Gasteiger partial charge < -0.3 is 10.1 Å². The van der Waals surface area contributed by atoms with Gasteiger partial charge in [-0.1, -0.05) is 29.8 Å². The van der Waals surface area contributed by atoms with Crippen LogP contribution in [0.25, 0.3) is 21.8 Å². The molecule has 0 bridgehead atoms. The van der Waals surface area contributed by atoms with Gasteiger partial charge in [0.2, 0.25) is 0 Å². The van der Waals surface area contributed by atoms with E-state index in [0.29, 0.717) is 16.1 Å². The van der Waals surface area contributed by atoms with Crippen LogP contribution in [0.4, 0.5) is 0 Å². The number of carboxylic acids is 1. The van der Waals surface area contributed by atoms with Crippen LogP contribution in [0.1, 0.15) is 10.4 Å². The lowest BCUT2D eigenvalue weighted by Gasteiger charge is -1.98. The van der Waals surface area contributed by atoms with Crippen LogP contribution < -0.4 is 0 Å². The molecular weight excluding hydrogens is 240 g/mol. The second-order valence-electron chi connectivity index (χ2n) is 3.69. The van der Waals surface area contributed by atoms with Gasteiger partial charge in [-0.3, -0.25) is 0 Å². The van der Waals surface area contributed by atoms with Crippen molar-refractivity contribution in [3.8, 4) is 0 Å². The maximum atomic E-state index is 11.1. The Morgan fingerprint density at radius 3 is 2.88 bits per heavy atom. The van der Waals surface area contributed by atoms with Gasteiger partial charge in [0, 0.05) is 22.5 Å². The minimum absolute atomic E-state index is 0.126. The average molecular weight is 247 g/mol. The summed E-state index contributed by atoms with van der Waals surface area (Å²) in [6, 6.07) is 7.50. The quantitative estimate of drug-likeness (QED) is 0.649. The number of H-pyrrole nitrogens is 1. The number of para-hydroxylation sites is 1. The van der Waals surface area contributed by atoms with Gasteiger partial charge in [0.15, 0.2) is 0 Å². The molecule has 0 radical (unpaired) electrons. The van der Waals surface area contributed by atoms with Crippen molar-refractivity contribution in [3.05, 3.63) is 41.2 Å². The summed E-state index contributed by atoms with van der Waals surface area (Å²) in [6.45, 7) is 0. The highest BCUT2D eigenvalue weighted by atomic mass is 35.5. The van der Waals surface area contributed by atoms with Crippen LogP contribution >= 0.6 is 11.6 Å². The topological polar surface area (TPSA) is 66.0 Å². The van der Waals surface area contributed by atoms with E-state index < -0.39 is 5.97 Å². The third-order valence-electron chi connectivity index (χ3n) is 2.72. The van der Waals surface area contributed by atoms with Crippen molar-refractivity contribution >= 4 is 39.4 Å². The summed E-state index contributed by atoms with van der Waals surface area (Å²) < 4.78 is 0. The number of aromatic amines is 1. The lowest BCUT2D eigenvalue weighted by atomic mass is 10.1. The number of pyridine rings is 1. The SMILES string of the molecule is O=C(O)c1cnc(Cl)c2c1[nH]c1ccccc12. The Kier molecular flexibility index (Phi) is 2.06. The smallest absolute Gasteiger partial charge is 0.339 e. The van der Waals surface area contributed by atoms with Crippen LogP contribution in [0.3, 0.4) is 0 Å². The molecule has 0 spiro atoms. The minimum atomic E-state index is -1.02. The zero-order valence-corrected chi connectivity index (χ0v) is 9.32.